The molecule has 2 aromatic heterocycles. The van der Waals surface area contributed by atoms with Crippen LogP contribution in [0.5, 0.6) is 0 Å². The highest BCUT2D eigenvalue weighted by Gasteiger charge is 2.09. The van der Waals surface area contributed by atoms with Crippen molar-refractivity contribution < 1.29 is 13.6 Å². The molecule has 1 aromatic carbocycles. The molecule has 7 heteroatoms. The summed E-state index contributed by atoms with van der Waals surface area (Å²) in [5, 5.41) is 2.75. The van der Waals surface area contributed by atoms with Crippen molar-refractivity contribution in [2.24, 2.45) is 0 Å². The van der Waals surface area contributed by atoms with Gasteiger partial charge in [-0.2, -0.15) is 0 Å². The topological polar surface area (TPSA) is 59.8 Å². The third-order valence-electron chi connectivity index (χ3n) is 3.44. The lowest BCUT2D eigenvalue weighted by Crippen LogP contribution is -2.25. The number of aromatic nitrogens is 3. The van der Waals surface area contributed by atoms with E-state index in [1.807, 2.05) is 6.07 Å². The van der Waals surface area contributed by atoms with Crippen LogP contribution in [0.2, 0.25) is 0 Å². The second-order valence-corrected chi connectivity index (χ2v) is 5.16. The second-order valence-electron chi connectivity index (χ2n) is 5.16. The summed E-state index contributed by atoms with van der Waals surface area (Å²) in [5.41, 5.74) is 1.22. The molecule has 0 aliphatic carbocycles. The van der Waals surface area contributed by atoms with Crippen molar-refractivity contribution in [3.63, 3.8) is 0 Å². The van der Waals surface area contributed by atoms with Gasteiger partial charge in [0.15, 0.2) is 11.6 Å². The molecule has 0 bridgehead atoms. The minimum atomic E-state index is -0.963. The molecule has 0 saturated carbocycles. The van der Waals surface area contributed by atoms with Crippen LogP contribution in [0.15, 0.2) is 55.2 Å². The first-order valence-corrected chi connectivity index (χ1v) is 7.26. The molecule has 3 rings (SSSR count). The zero-order valence-electron chi connectivity index (χ0n) is 12.6. The molecule has 5 nitrogen and oxygen atoms in total. The number of hydrogen-bond donors (Lipinski definition) is 1. The summed E-state index contributed by atoms with van der Waals surface area (Å²) in [4.78, 5) is 20.3. The summed E-state index contributed by atoms with van der Waals surface area (Å²) in [5.74, 6) is -1.51. The molecule has 1 amide bonds. The Bertz CT molecular complexity index is 850. The Balaban J connectivity index is 1.66. The lowest BCUT2D eigenvalue weighted by Gasteiger charge is -2.10. The summed E-state index contributed by atoms with van der Waals surface area (Å²) in [6.07, 6.45) is 6.64. The summed E-state index contributed by atoms with van der Waals surface area (Å²) in [7, 11) is 0. The predicted molar refractivity (Wildman–Crippen MR) is 83.3 cm³/mol. The molecule has 3 aromatic rings. The highest BCUT2D eigenvalue weighted by atomic mass is 19.2. The van der Waals surface area contributed by atoms with Crippen molar-refractivity contribution in [1.82, 2.24) is 19.9 Å². The van der Waals surface area contributed by atoms with E-state index in [0.29, 0.717) is 11.4 Å². The van der Waals surface area contributed by atoms with E-state index in [9.17, 15) is 13.6 Å². The quantitative estimate of drug-likeness (QED) is 0.782. The third kappa shape index (κ3) is 3.62. The maximum atomic E-state index is 13.2. The van der Waals surface area contributed by atoms with Crippen LogP contribution >= 0.6 is 0 Å². The van der Waals surface area contributed by atoms with Gasteiger partial charge in [-0.05, 0) is 23.8 Å². The van der Waals surface area contributed by atoms with Crippen LogP contribution in [-0.4, -0.2) is 20.4 Å². The lowest BCUT2D eigenvalue weighted by molar-refractivity contribution is -0.120. The zero-order chi connectivity index (χ0) is 16.9. The number of amides is 1. The van der Waals surface area contributed by atoms with Crippen LogP contribution in [-0.2, 0) is 17.8 Å². The van der Waals surface area contributed by atoms with Gasteiger partial charge in [0.05, 0.1) is 6.42 Å². The Kier molecular flexibility index (Phi) is 4.60. The van der Waals surface area contributed by atoms with Crippen molar-refractivity contribution in [2.75, 3.05) is 0 Å². The molecular weight excluding hydrogens is 314 g/mol. The van der Waals surface area contributed by atoms with E-state index >= 15 is 0 Å². The molecule has 1 N–H and O–H groups in total. The average Bonchev–Trinajstić information content (AvgIpc) is 3.11. The van der Waals surface area contributed by atoms with E-state index in [1.54, 1.807) is 35.6 Å². The fourth-order valence-electron chi connectivity index (χ4n) is 2.28. The van der Waals surface area contributed by atoms with Crippen molar-refractivity contribution in [3.8, 4) is 5.82 Å². The molecule has 122 valence electrons. The number of rotatable bonds is 5. The fraction of sp³-hybridized carbons (Fsp3) is 0.118. The SMILES string of the molecule is O=C(Cc1ccc(F)c(F)c1)NCc1cccnc1-n1ccnc1. The minimum absolute atomic E-state index is 0.0299. The van der Waals surface area contributed by atoms with Crippen molar-refractivity contribution in [1.29, 1.82) is 0 Å². The number of nitrogens with zero attached hydrogens (tertiary/aromatic N) is 3. The first-order chi connectivity index (χ1) is 11.6. The van der Waals surface area contributed by atoms with Gasteiger partial charge in [0.25, 0.3) is 0 Å². The molecule has 0 aliphatic rings. The highest BCUT2D eigenvalue weighted by Crippen LogP contribution is 2.12. The van der Waals surface area contributed by atoms with Crippen LogP contribution in [0.4, 0.5) is 8.78 Å². The molecule has 0 atom stereocenters. The van der Waals surface area contributed by atoms with E-state index in [2.05, 4.69) is 15.3 Å². The van der Waals surface area contributed by atoms with Gasteiger partial charge in [0.1, 0.15) is 12.1 Å². The Morgan fingerprint density at radius 2 is 2.04 bits per heavy atom. The number of halogens is 2. The van der Waals surface area contributed by atoms with Gasteiger partial charge in [-0.3, -0.25) is 9.36 Å². The number of imidazole rings is 1. The monoisotopic (exact) mass is 328 g/mol. The molecule has 24 heavy (non-hydrogen) atoms. The number of benzene rings is 1. The molecular formula is C17H14F2N4O. The highest BCUT2D eigenvalue weighted by molar-refractivity contribution is 5.78. The molecule has 0 unspecified atom stereocenters. The van der Waals surface area contributed by atoms with Crippen LogP contribution in [0.25, 0.3) is 5.82 Å². The summed E-state index contributed by atoms with van der Waals surface area (Å²) < 4.78 is 27.8. The summed E-state index contributed by atoms with van der Waals surface area (Å²) in [6.45, 7) is 0.268. The number of pyridine rings is 1. The molecule has 0 radical (unpaired) electrons. The lowest BCUT2D eigenvalue weighted by atomic mass is 10.1. The Hall–Kier alpha value is -3.09. The third-order valence-corrected chi connectivity index (χ3v) is 3.44. The molecule has 0 spiro atoms. The average molecular weight is 328 g/mol. The first kappa shape index (κ1) is 15.8. The van der Waals surface area contributed by atoms with E-state index < -0.39 is 11.6 Å². The summed E-state index contributed by atoms with van der Waals surface area (Å²) >= 11 is 0. The largest absolute Gasteiger partial charge is 0.352 e. The fourth-order valence-corrected chi connectivity index (χ4v) is 2.28. The zero-order valence-corrected chi connectivity index (χ0v) is 12.6. The maximum absolute atomic E-state index is 13.2. The second kappa shape index (κ2) is 6.99. The van der Waals surface area contributed by atoms with Gasteiger partial charge >= 0.3 is 0 Å². The Labute approximate surface area is 137 Å². The van der Waals surface area contributed by atoms with Crippen molar-refractivity contribution in [3.05, 3.63) is 78.0 Å². The summed E-state index contributed by atoms with van der Waals surface area (Å²) in [6, 6.07) is 7.04. The number of hydrogen-bond acceptors (Lipinski definition) is 3. The van der Waals surface area contributed by atoms with Gasteiger partial charge in [-0.15, -0.1) is 0 Å². The van der Waals surface area contributed by atoms with Gasteiger partial charge in [0.2, 0.25) is 5.91 Å². The number of carbonyl (C=O) groups is 1. The van der Waals surface area contributed by atoms with Crippen molar-refractivity contribution in [2.45, 2.75) is 13.0 Å². The van der Waals surface area contributed by atoms with Gasteiger partial charge in [0, 0.05) is 30.7 Å². The van der Waals surface area contributed by atoms with E-state index in [0.717, 1.165) is 17.7 Å². The number of nitrogens with one attached hydrogen (secondary N) is 1. The normalized spacial score (nSPS) is 10.6. The van der Waals surface area contributed by atoms with Gasteiger partial charge in [-0.25, -0.2) is 18.7 Å². The predicted octanol–water partition coefficient (Wildman–Crippen LogP) is 2.40. The molecule has 0 saturated heterocycles. The van der Waals surface area contributed by atoms with Crippen molar-refractivity contribution >= 4 is 5.91 Å². The minimum Gasteiger partial charge on any atom is -0.352 e. The molecule has 2 heterocycles. The molecule has 0 aliphatic heterocycles. The number of carbonyl (C=O) groups excluding carboxylic acids is 1. The maximum Gasteiger partial charge on any atom is 0.224 e. The van der Waals surface area contributed by atoms with E-state index in [4.69, 9.17) is 0 Å². The van der Waals surface area contributed by atoms with Crippen LogP contribution in [0, 0.1) is 11.6 Å². The van der Waals surface area contributed by atoms with Gasteiger partial charge < -0.3 is 5.32 Å². The Morgan fingerprint density at radius 3 is 2.79 bits per heavy atom. The van der Waals surface area contributed by atoms with Crippen LogP contribution in [0.1, 0.15) is 11.1 Å². The first-order valence-electron chi connectivity index (χ1n) is 7.26. The molecule has 0 fully saturated rings. The standard InChI is InChI=1S/C17H14F2N4O/c18-14-4-3-12(8-15(14)19)9-16(24)22-10-13-2-1-5-21-17(13)23-7-6-20-11-23/h1-8,11H,9-10H2,(H,22,24). The smallest absolute Gasteiger partial charge is 0.224 e. The van der Waals surface area contributed by atoms with Crippen LogP contribution in [0.3, 0.4) is 0 Å². The van der Waals surface area contributed by atoms with Gasteiger partial charge in [-0.1, -0.05) is 12.1 Å². The van der Waals surface area contributed by atoms with E-state index in [-0.39, 0.29) is 18.9 Å². The van der Waals surface area contributed by atoms with Crippen LogP contribution < -0.4 is 5.32 Å². The Morgan fingerprint density at radius 1 is 1.17 bits per heavy atom. The van der Waals surface area contributed by atoms with E-state index in [1.165, 1.54) is 6.07 Å².